The van der Waals surface area contributed by atoms with E-state index in [1.165, 1.54) is 4.80 Å². The number of carbonyl (C=O) groups excluding carboxylic acids is 1. The highest BCUT2D eigenvalue weighted by molar-refractivity contribution is 5.85. The summed E-state index contributed by atoms with van der Waals surface area (Å²) in [5, 5.41) is 16.1. The number of benzene rings is 1. The largest absolute Gasteiger partial charge is 0.333 e. The maximum atomic E-state index is 13.0. The first kappa shape index (κ1) is 17.8. The summed E-state index contributed by atoms with van der Waals surface area (Å²) >= 11 is 0. The second-order valence-electron chi connectivity index (χ2n) is 6.60. The van der Waals surface area contributed by atoms with Crippen LogP contribution in [0, 0.1) is 0 Å². The van der Waals surface area contributed by atoms with E-state index in [0.717, 1.165) is 37.9 Å². The van der Waals surface area contributed by atoms with E-state index in [9.17, 15) is 4.79 Å². The molecule has 0 spiro atoms. The van der Waals surface area contributed by atoms with Gasteiger partial charge in [0.25, 0.3) is 0 Å². The van der Waals surface area contributed by atoms with Gasteiger partial charge < -0.3 is 10.2 Å². The van der Waals surface area contributed by atoms with Crippen molar-refractivity contribution in [1.82, 2.24) is 30.4 Å². The van der Waals surface area contributed by atoms with E-state index < -0.39 is 6.04 Å². The molecule has 2 fully saturated rings. The summed E-state index contributed by atoms with van der Waals surface area (Å²) in [4.78, 5) is 16.5. The maximum Gasteiger partial charge on any atom is 0.249 e. The van der Waals surface area contributed by atoms with Crippen LogP contribution >= 0.6 is 12.4 Å². The highest BCUT2D eigenvalue weighted by Gasteiger charge is 2.40. The molecule has 2 bridgehead atoms. The Morgan fingerprint density at radius 1 is 1.20 bits per heavy atom. The number of hydrogen-bond donors (Lipinski definition) is 1. The van der Waals surface area contributed by atoms with E-state index in [4.69, 9.17) is 0 Å². The van der Waals surface area contributed by atoms with E-state index in [1.807, 2.05) is 37.3 Å². The van der Waals surface area contributed by atoms with Gasteiger partial charge in [0.15, 0.2) is 0 Å². The van der Waals surface area contributed by atoms with Crippen LogP contribution in [0.5, 0.6) is 0 Å². The van der Waals surface area contributed by atoms with Crippen molar-refractivity contribution >= 4 is 18.3 Å². The van der Waals surface area contributed by atoms with Crippen molar-refractivity contribution in [2.75, 3.05) is 13.1 Å². The molecule has 2 aliphatic heterocycles. The number of carbonyl (C=O) groups is 1. The van der Waals surface area contributed by atoms with Gasteiger partial charge in [0.2, 0.25) is 11.7 Å². The van der Waals surface area contributed by atoms with Crippen LogP contribution < -0.4 is 5.32 Å². The number of nitrogens with zero attached hydrogens (tertiary/aromatic N) is 5. The lowest BCUT2D eigenvalue weighted by Gasteiger charge is -2.29. The van der Waals surface area contributed by atoms with E-state index in [0.29, 0.717) is 17.9 Å². The fourth-order valence-electron chi connectivity index (χ4n) is 3.75. The Kier molecular flexibility index (Phi) is 5.34. The Balaban J connectivity index is 0.00000182. The Bertz CT molecular complexity index is 707. The van der Waals surface area contributed by atoms with Gasteiger partial charge in [-0.15, -0.1) is 22.6 Å². The van der Waals surface area contributed by atoms with Gasteiger partial charge in [-0.25, -0.2) is 0 Å². The van der Waals surface area contributed by atoms with Gasteiger partial charge in [-0.2, -0.15) is 4.80 Å². The summed E-state index contributed by atoms with van der Waals surface area (Å²) in [6, 6.07) is 9.91. The number of hydrogen-bond acceptors (Lipinski definition) is 5. The van der Waals surface area contributed by atoms with E-state index in [2.05, 4.69) is 25.6 Å². The van der Waals surface area contributed by atoms with Crippen molar-refractivity contribution in [1.29, 1.82) is 0 Å². The summed E-state index contributed by atoms with van der Waals surface area (Å²) in [6.45, 7) is 3.73. The molecule has 134 valence electrons. The molecule has 8 heteroatoms. The smallest absolute Gasteiger partial charge is 0.249 e. The van der Waals surface area contributed by atoms with Gasteiger partial charge >= 0.3 is 0 Å². The van der Waals surface area contributed by atoms with Gasteiger partial charge in [0.1, 0.15) is 6.04 Å². The topological polar surface area (TPSA) is 75.9 Å². The van der Waals surface area contributed by atoms with Crippen LogP contribution in [0.1, 0.15) is 32.2 Å². The summed E-state index contributed by atoms with van der Waals surface area (Å²) in [7, 11) is 0. The predicted octanol–water partition coefficient (Wildman–Crippen LogP) is 1.68. The van der Waals surface area contributed by atoms with Crippen LogP contribution in [0.2, 0.25) is 0 Å². The van der Waals surface area contributed by atoms with Crippen molar-refractivity contribution < 1.29 is 4.79 Å². The molecule has 4 rings (SSSR count). The lowest BCUT2D eigenvalue weighted by molar-refractivity contribution is -0.137. The van der Waals surface area contributed by atoms with E-state index in [1.54, 1.807) is 0 Å². The van der Waals surface area contributed by atoms with Gasteiger partial charge in [0, 0.05) is 24.2 Å². The SMILES string of the molecule is CC(C(=O)N1C2CCNCC1CC2)n1nnc(-c2ccccc2)n1.Cl. The third-order valence-electron chi connectivity index (χ3n) is 5.07. The summed E-state index contributed by atoms with van der Waals surface area (Å²) in [5.74, 6) is 0.652. The molecule has 7 nitrogen and oxygen atoms in total. The van der Waals surface area contributed by atoms with Crippen LogP contribution in [0.15, 0.2) is 30.3 Å². The molecule has 3 atom stereocenters. The molecule has 0 aliphatic carbocycles. The van der Waals surface area contributed by atoms with Crippen LogP contribution in [0.25, 0.3) is 11.4 Å². The van der Waals surface area contributed by atoms with Crippen LogP contribution in [0.3, 0.4) is 0 Å². The maximum absolute atomic E-state index is 13.0. The Morgan fingerprint density at radius 2 is 1.96 bits per heavy atom. The van der Waals surface area contributed by atoms with Gasteiger partial charge in [-0.05, 0) is 37.9 Å². The third kappa shape index (κ3) is 3.39. The Labute approximate surface area is 153 Å². The van der Waals surface area contributed by atoms with Gasteiger partial charge in [0.05, 0.1) is 0 Å². The number of nitrogens with one attached hydrogen (secondary N) is 1. The zero-order valence-electron chi connectivity index (χ0n) is 14.2. The van der Waals surface area contributed by atoms with E-state index >= 15 is 0 Å². The quantitative estimate of drug-likeness (QED) is 0.899. The number of amides is 1. The van der Waals surface area contributed by atoms with Gasteiger partial charge in [-0.1, -0.05) is 30.3 Å². The standard InChI is InChI=1S/C17H22N6O.ClH/c1-12(17(24)22-14-7-8-15(22)11-18-10-9-14)23-20-16(19-21-23)13-5-3-2-4-6-13;/h2-6,12,14-15,18H,7-11H2,1H3;1H. The minimum atomic E-state index is -0.434. The van der Waals surface area contributed by atoms with Crippen LogP contribution in [-0.2, 0) is 4.79 Å². The van der Waals surface area contributed by atoms with Crippen molar-refractivity contribution in [3.05, 3.63) is 30.3 Å². The number of fused-ring (bicyclic) bond motifs is 2. The average Bonchev–Trinajstić information content (AvgIpc) is 3.18. The fraction of sp³-hybridized carbons (Fsp3) is 0.529. The number of halogens is 1. The van der Waals surface area contributed by atoms with Crippen LogP contribution in [-0.4, -0.2) is 56.2 Å². The fourth-order valence-corrected chi connectivity index (χ4v) is 3.75. The summed E-state index contributed by atoms with van der Waals surface area (Å²) in [6.07, 6.45) is 3.20. The molecule has 3 unspecified atom stereocenters. The highest BCUT2D eigenvalue weighted by Crippen LogP contribution is 2.30. The van der Waals surface area contributed by atoms with Crippen molar-refractivity contribution in [3.8, 4) is 11.4 Å². The molecule has 1 amide bonds. The van der Waals surface area contributed by atoms with Crippen LogP contribution in [0.4, 0.5) is 0 Å². The first-order chi connectivity index (χ1) is 11.7. The summed E-state index contributed by atoms with van der Waals surface area (Å²) in [5.41, 5.74) is 0.905. The van der Waals surface area contributed by atoms with Crippen molar-refractivity contribution in [2.24, 2.45) is 0 Å². The second kappa shape index (κ2) is 7.49. The predicted molar refractivity (Wildman–Crippen MR) is 96.4 cm³/mol. The lowest BCUT2D eigenvalue weighted by Crippen LogP contribution is -2.45. The minimum Gasteiger partial charge on any atom is -0.333 e. The van der Waals surface area contributed by atoms with Gasteiger partial charge in [-0.3, -0.25) is 4.79 Å². The number of aromatic nitrogens is 4. The third-order valence-corrected chi connectivity index (χ3v) is 5.07. The normalized spacial score (nSPS) is 23.6. The minimum absolute atomic E-state index is 0. The molecule has 1 aromatic heterocycles. The molecule has 0 radical (unpaired) electrons. The van der Waals surface area contributed by atoms with E-state index in [-0.39, 0.29) is 18.3 Å². The molecule has 25 heavy (non-hydrogen) atoms. The average molecular weight is 363 g/mol. The summed E-state index contributed by atoms with van der Waals surface area (Å²) < 4.78 is 0. The molecule has 0 saturated carbocycles. The first-order valence-electron chi connectivity index (χ1n) is 8.62. The molecular formula is C17H23ClN6O. The highest BCUT2D eigenvalue weighted by atomic mass is 35.5. The molecule has 2 aromatic rings. The number of tetrazole rings is 1. The Hall–Kier alpha value is -1.99. The van der Waals surface area contributed by atoms with Crippen molar-refractivity contribution in [3.63, 3.8) is 0 Å². The molecule has 1 N–H and O–H groups in total. The molecule has 3 heterocycles. The zero-order chi connectivity index (χ0) is 16.5. The zero-order valence-corrected chi connectivity index (χ0v) is 15.0. The monoisotopic (exact) mass is 362 g/mol. The molecule has 1 aromatic carbocycles. The second-order valence-corrected chi connectivity index (χ2v) is 6.60. The molecule has 2 saturated heterocycles. The Morgan fingerprint density at radius 3 is 2.76 bits per heavy atom. The first-order valence-corrected chi connectivity index (χ1v) is 8.62. The lowest BCUT2D eigenvalue weighted by atomic mass is 10.1. The van der Waals surface area contributed by atoms with Crippen molar-refractivity contribution in [2.45, 2.75) is 44.3 Å². The molecular weight excluding hydrogens is 340 g/mol. The molecule has 2 aliphatic rings. The number of rotatable bonds is 3.